The van der Waals surface area contributed by atoms with Crippen molar-refractivity contribution in [2.45, 2.75) is 293 Å². The summed E-state index contributed by atoms with van der Waals surface area (Å²) in [5, 5.41) is 11.9. The molecule has 0 fully saturated rings. The zero-order valence-electron chi connectivity index (χ0n) is 42.0. The van der Waals surface area contributed by atoms with Gasteiger partial charge >= 0.3 is 0 Å². The highest BCUT2D eigenvalue weighted by Gasteiger charge is 2.32. The molecule has 2 nitrogen and oxygen atoms in total. The molecule has 2 heteroatoms. The Morgan fingerprint density at radius 3 is 1.38 bits per heavy atom. The van der Waals surface area contributed by atoms with Crippen LogP contribution in [0.15, 0.2) is 23.8 Å². The summed E-state index contributed by atoms with van der Waals surface area (Å²) in [5.74, 6) is 4.99. The van der Waals surface area contributed by atoms with Gasteiger partial charge in [0.1, 0.15) is 0 Å². The van der Waals surface area contributed by atoms with E-state index in [4.69, 9.17) is 4.74 Å². The van der Waals surface area contributed by atoms with E-state index >= 15 is 0 Å². The lowest BCUT2D eigenvalue weighted by atomic mass is 9.86. The quantitative estimate of drug-likeness (QED) is 0.0491. The van der Waals surface area contributed by atoms with Gasteiger partial charge in [0.05, 0.1) is 11.7 Å². The zero-order valence-corrected chi connectivity index (χ0v) is 42.0. The average molecular weight is 815 g/mol. The van der Waals surface area contributed by atoms with Crippen molar-refractivity contribution in [3.05, 3.63) is 23.8 Å². The Morgan fingerprint density at radius 1 is 0.483 bits per heavy atom. The second-order valence-electron chi connectivity index (χ2n) is 21.3. The van der Waals surface area contributed by atoms with Gasteiger partial charge < -0.3 is 9.84 Å². The average Bonchev–Trinajstić information content (AvgIpc) is 3.15. The summed E-state index contributed by atoms with van der Waals surface area (Å²) in [6.45, 7) is 26.7. The van der Waals surface area contributed by atoms with Crippen molar-refractivity contribution in [2.75, 3.05) is 6.61 Å². The predicted octanol–water partition coefficient (Wildman–Crippen LogP) is 19.0. The van der Waals surface area contributed by atoms with Crippen molar-refractivity contribution in [3.8, 4) is 0 Å². The molecule has 346 valence electrons. The summed E-state index contributed by atoms with van der Waals surface area (Å²) in [5.41, 5.74) is 0.752. The summed E-state index contributed by atoms with van der Waals surface area (Å²) in [6.07, 6.45) is 48.4. The maximum absolute atomic E-state index is 11.9. The molecule has 0 spiro atoms. The van der Waals surface area contributed by atoms with Crippen LogP contribution in [0.1, 0.15) is 282 Å². The molecule has 0 saturated heterocycles. The number of unbranched alkanes of at least 4 members (excludes halogenated alkanes) is 10. The summed E-state index contributed by atoms with van der Waals surface area (Å²) in [6, 6.07) is 0. The number of hydrogen-bond donors (Lipinski definition) is 1. The molecule has 6 unspecified atom stereocenters. The minimum absolute atomic E-state index is 0.0868. The molecule has 0 rings (SSSR count). The number of hydrogen-bond acceptors (Lipinski definition) is 2. The molecule has 0 saturated carbocycles. The zero-order chi connectivity index (χ0) is 43.3. The van der Waals surface area contributed by atoms with Crippen LogP contribution in [0.2, 0.25) is 0 Å². The van der Waals surface area contributed by atoms with Crippen molar-refractivity contribution in [2.24, 2.45) is 35.5 Å². The van der Waals surface area contributed by atoms with Crippen LogP contribution in [-0.2, 0) is 4.74 Å². The normalized spacial score (nSPS) is 16.3. The highest BCUT2D eigenvalue weighted by Crippen LogP contribution is 2.29. The van der Waals surface area contributed by atoms with Crippen LogP contribution < -0.4 is 0 Å². The fourth-order valence-corrected chi connectivity index (χ4v) is 9.03. The maximum Gasteiger partial charge on any atom is 0.0880 e. The van der Waals surface area contributed by atoms with Crippen molar-refractivity contribution in [1.82, 2.24) is 0 Å². The van der Waals surface area contributed by atoms with Gasteiger partial charge in [0.2, 0.25) is 0 Å². The first-order valence-electron chi connectivity index (χ1n) is 26.4. The van der Waals surface area contributed by atoms with Crippen LogP contribution in [0, 0.1) is 35.5 Å². The van der Waals surface area contributed by atoms with Gasteiger partial charge in [0.15, 0.2) is 0 Å². The molecule has 0 aromatic rings. The lowest BCUT2D eigenvalue weighted by molar-refractivity contribution is -0.107. The fraction of sp³-hybridized carbons (Fsp3) is 0.929. The van der Waals surface area contributed by atoms with Crippen LogP contribution in [-0.4, -0.2) is 23.4 Å². The molecule has 0 amide bonds. The third kappa shape index (κ3) is 38.3. The Labute approximate surface area is 367 Å². The van der Waals surface area contributed by atoms with E-state index in [2.05, 4.69) is 94.4 Å². The van der Waals surface area contributed by atoms with E-state index in [-0.39, 0.29) is 6.10 Å². The van der Waals surface area contributed by atoms with Crippen LogP contribution in [0.4, 0.5) is 0 Å². The molecule has 0 aliphatic carbocycles. The van der Waals surface area contributed by atoms with Crippen molar-refractivity contribution < 1.29 is 9.84 Å². The molecular formula is C56H110O2. The molecule has 1 N–H and O–H groups in total. The molecule has 0 aromatic carbocycles. The maximum atomic E-state index is 11.9. The summed E-state index contributed by atoms with van der Waals surface area (Å²) >= 11 is 0. The van der Waals surface area contributed by atoms with Gasteiger partial charge in [-0.2, -0.15) is 0 Å². The van der Waals surface area contributed by atoms with E-state index < -0.39 is 5.60 Å². The minimum atomic E-state index is -0.769. The van der Waals surface area contributed by atoms with E-state index in [0.29, 0.717) is 0 Å². The molecule has 0 aromatic heterocycles. The molecule has 0 aliphatic heterocycles. The second kappa shape index (κ2) is 39.3. The first-order chi connectivity index (χ1) is 27.8. The lowest BCUT2D eigenvalue weighted by Crippen LogP contribution is -2.41. The molecule has 6 atom stereocenters. The Kier molecular flexibility index (Phi) is 38.9. The van der Waals surface area contributed by atoms with Gasteiger partial charge in [-0.05, 0) is 114 Å². The van der Waals surface area contributed by atoms with Crippen LogP contribution in [0.3, 0.4) is 0 Å². The van der Waals surface area contributed by atoms with E-state index in [1.165, 1.54) is 179 Å². The Hall–Kier alpha value is -0.600. The van der Waals surface area contributed by atoms with Gasteiger partial charge in [-0.3, -0.25) is 0 Å². The van der Waals surface area contributed by atoms with Crippen molar-refractivity contribution in [1.29, 1.82) is 0 Å². The number of rotatable bonds is 43. The van der Waals surface area contributed by atoms with Crippen molar-refractivity contribution >= 4 is 0 Å². The highest BCUT2D eigenvalue weighted by molar-refractivity contribution is 4.99. The standard InChI is InChI=1S/C56H110O2/c1-12-13-14-15-16-17-18-19-20-21-22-23-24-25-47-58-55(56(11,57)46-32-44-54(10)42-30-38-51(7)36-27-34-49(4)5)45-31-43-53(9)41-29-40-52(8)39-28-37-50(6)35-26-33-48(2)3/h19-20,43,48-52,54-55,57H,12-18,21-42,44-47H2,1-11H3. The van der Waals surface area contributed by atoms with E-state index in [9.17, 15) is 5.11 Å². The largest absolute Gasteiger partial charge is 0.387 e. The number of ether oxygens (including phenoxy) is 1. The molecule has 0 heterocycles. The van der Waals surface area contributed by atoms with Gasteiger partial charge in [-0.15, -0.1) is 0 Å². The Bertz CT molecular complexity index is 914. The first-order valence-corrected chi connectivity index (χ1v) is 26.4. The van der Waals surface area contributed by atoms with Gasteiger partial charge in [-0.1, -0.05) is 227 Å². The first kappa shape index (κ1) is 57.4. The van der Waals surface area contributed by atoms with E-state index in [1.54, 1.807) is 0 Å². The topological polar surface area (TPSA) is 29.5 Å². The third-order valence-electron chi connectivity index (χ3n) is 13.5. The molecule has 58 heavy (non-hydrogen) atoms. The monoisotopic (exact) mass is 815 g/mol. The Balaban J connectivity index is 4.75. The predicted molar refractivity (Wildman–Crippen MR) is 263 cm³/mol. The van der Waals surface area contributed by atoms with E-state index in [0.717, 1.165) is 74.2 Å². The van der Waals surface area contributed by atoms with Gasteiger partial charge in [-0.25, -0.2) is 0 Å². The van der Waals surface area contributed by atoms with Crippen LogP contribution in [0.25, 0.3) is 0 Å². The fourth-order valence-electron chi connectivity index (χ4n) is 9.03. The number of allylic oxidation sites excluding steroid dienone is 4. The van der Waals surface area contributed by atoms with E-state index in [1.807, 2.05) is 0 Å². The second-order valence-corrected chi connectivity index (χ2v) is 21.3. The van der Waals surface area contributed by atoms with Crippen LogP contribution >= 0.6 is 0 Å². The van der Waals surface area contributed by atoms with Gasteiger partial charge in [0.25, 0.3) is 0 Å². The SMILES string of the molecule is CCCCCCCCC=CCCCCCCOC(CCC=C(C)CCCC(C)CCCC(C)CCCC(C)C)C(C)(O)CCCC(C)CCCC(C)CCCC(C)C. The smallest absolute Gasteiger partial charge is 0.0880 e. The highest BCUT2D eigenvalue weighted by atomic mass is 16.5. The summed E-state index contributed by atoms with van der Waals surface area (Å²) in [4.78, 5) is 0. The summed E-state index contributed by atoms with van der Waals surface area (Å²) in [7, 11) is 0. The van der Waals surface area contributed by atoms with Gasteiger partial charge in [0, 0.05) is 6.61 Å². The lowest BCUT2D eigenvalue weighted by Gasteiger charge is -2.33. The Morgan fingerprint density at radius 2 is 0.897 bits per heavy atom. The summed E-state index contributed by atoms with van der Waals surface area (Å²) < 4.78 is 6.60. The molecule has 0 bridgehead atoms. The molecular weight excluding hydrogens is 705 g/mol. The molecule has 0 radical (unpaired) electrons. The molecule has 0 aliphatic rings. The van der Waals surface area contributed by atoms with Crippen LogP contribution in [0.5, 0.6) is 0 Å². The van der Waals surface area contributed by atoms with Crippen molar-refractivity contribution in [3.63, 3.8) is 0 Å². The number of aliphatic hydroxyl groups is 1. The minimum Gasteiger partial charge on any atom is -0.387 e. The third-order valence-corrected chi connectivity index (χ3v) is 13.5.